The molecule has 0 saturated carbocycles. The SMILES string of the molecule is CCCn1ncc(Cl)c1C(O)C(C)(C)C. The second-order valence-corrected chi connectivity index (χ2v) is 5.28. The summed E-state index contributed by atoms with van der Waals surface area (Å²) in [5, 5.41) is 14.9. The van der Waals surface area contributed by atoms with Crippen LogP contribution in [0.4, 0.5) is 0 Å². The zero-order valence-corrected chi connectivity index (χ0v) is 10.5. The van der Waals surface area contributed by atoms with Gasteiger partial charge in [0.05, 0.1) is 16.9 Å². The molecule has 1 rings (SSSR count). The first-order valence-corrected chi connectivity index (χ1v) is 5.65. The van der Waals surface area contributed by atoms with Gasteiger partial charge in [0.15, 0.2) is 0 Å². The summed E-state index contributed by atoms with van der Waals surface area (Å²) >= 11 is 6.04. The van der Waals surface area contributed by atoms with Gasteiger partial charge in [-0.2, -0.15) is 5.10 Å². The van der Waals surface area contributed by atoms with Gasteiger partial charge in [-0.25, -0.2) is 0 Å². The molecule has 0 aliphatic rings. The first-order valence-electron chi connectivity index (χ1n) is 5.27. The molecule has 0 spiro atoms. The predicted molar refractivity (Wildman–Crippen MR) is 61.9 cm³/mol. The van der Waals surface area contributed by atoms with E-state index >= 15 is 0 Å². The Balaban J connectivity index is 3.06. The monoisotopic (exact) mass is 230 g/mol. The van der Waals surface area contributed by atoms with Crippen LogP contribution < -0.4 is 0 Å². The van der Waals surface area contributed by atoms with Crippen LogP contribution in [-0.4, -0.2) is 14.9 Å². The maximum Gasteiger partial charge on any atom is 0.102 e. The molecule has 1 heterocycles. The molecule has 0 amide bonds. The number of rotatable bonds is 3. The standard InChI is InChI=1S/C11H19ClN2O/c1-5-6-14-9(8(12)7-13-14)10(15)11(2,3)4/h7,10,15H,5-6H2,1-4H3. The van der Waals surface area contributed by atoms with Gasteiger partial charge in [-0.3, -0.25) is 4.68 Å². The second kappa shape index (κ2) is 4.54. The van der Waals surface area contributed by atoms with E-state index in [-0.39, 0.29) is 5.41 Å². The average Bonchev–Trinajstić information content (AvgIpc) is 2.45. The zero-order valence-electron chi connectivity index (χ0n) is 9.79. The predicted octanol–water partition coefficient (Wildman–Crippen LogP) is 3.03. The number of hydrogen-bond donors (Lipinski definition) is 1. The molecule has 0 aliphatic heterocycles. The lowest BCUT2D eigenvalue weighted by molar-refractivity contribution is 0.0546. The lowest BCUT2D eigenvalue weighted by Gasteiger charge is -2.26. The van der Waals surface area contributed by atoms with Crippen LogP contribution in [0.5, 0.6) is 0 Å². The highest BCUT2D eigenvalue weighted by atomic mass is 35.5. The van der Waals surface area contributed by atoms with Crippen LogP contribution >= 0.6 is 11.6 Å². The molecule has 0 radical (unpaired) electrons. The first-order chi connectivity index (χ1) is 6.88. The summed E-state index contributed by atoms with van der Waals surface area (Å²) < 4.78 is 1.79. The zero-order chi connectivity index (χ0) is 11.6. The topological polar surface area (TPSA) is 38.0 Å². The second-order valence-electron chi connectivity index (χ2n) is 4.87. The number of halogens is 1. The van der Waals surface area contributed by atoms with Crippen molar-refractivity contribution in [2.45, 2.75) is 46.8 Å². The van der Waals surface area contributed by atoms with Crippen LogP contribution in [0.3, 0.4) is 0 Å². The lowest BCUT2D eigenvalue weighted by atomic mass is 9.87. The van der Waals surface area contributed by atoms with Gasteiger partial charge in [0.25, 0.3) is 0 Å². The average molecular weight is 231 g/mol. The van der Waals surface area contributed by atoms with Crippen LogP contribution in [-0.2, 0) is 6.54 Å². The summed E-state index contributed by atoms with van der Waals surface area (Å²) in [6.45, 7) is 8.81. The number of nitrogens with zero attached hydrogens (tertiary/aromatic N) is 2. The molecule has 1 aromatic heterocycles. The van der Waals surface area contributed by atoms with Gasteiger partial charge >= 0.3 is 0 Å². The minimum Gasteiger partial charge on any atom is -0.386 e. The van der Waals surface area contributed by atoms with Crippen molar-refractivity contribution in [3.8, 4) is 0 Å². The highest BCUT2D eigenvalue weighted by Crippen LogP contribution is 2.35. The molecule has 0 aliphatic carbocycles. The van der Waals surface area contributed by atoms with E-state index in [1.54, 1.807) is 10.9 Å². The van der Waals surface area contributed by atoms with Gasteiger partial charge in [0, 0.05) is 6.54 Å². The lowest BCUT2D eigenvalue weighted by Crippen LogP contribution is -2.21. The molecule has 1 aromatic rings. The number of aryl methyl sites for hydroxylation is 1. The number of aliphatic hydroxyl groups is 1. The third kappa shape index (κ3) is 2.73. The van der Waals surface area contributed by atoms with Gasteiger partial charge in [-0.15, -0.1) is 0 Å². The Morgan fingerprint density at radius 1 is 1.53 bits per heavy atom. The molecule has 0 aromatic carbocycles. The van der Waals surface area contributed by atoms with Crippen molar-refractivity contribution in [2.24, 2.45) is 5.41 Å². The maximum absolute atomic E-state index is 10.2. The molecular weight excluding hydrogens is 212 g/mol. The molecule has 0 bridgehead atoms. The molecule has 86 valence electrons. The Morgan fingerprint density at radius 3 is 2.60 bits per heavy atom. The third-order valence-corrected chi connectivity index (χ3v) is 2.64. The Morgan fingerprint density at radius 2 is 2.13 bits per heavy atom. The molecular formula is C11H19ClN2O. The van der Waals surface area contributed by atoms with Gasteiger partial charge < -0.3 is 5.11 Å². The Labute approximate surface area is 96.1 Å². The van der Waals surface area contributed by atoms with Crippen molar-refractivity contribution in [3.63, 3.8) is 0 Å². The van der Waals surface area contributed by atoms with Crippen molar-refractivity contribution in [2.75, 3.05) is 0 Å². The summed E-state index contributed by atoms with van der Waals surface area (Å²) in [5.74, 6) is 0. The van der Waals surface area contributed by atoms with Crippen molar-refractivity contribution in [3.05, 3.63) is 16.9 Å². The molecule has 15 heavy (non-hydrogen) atoms. The molecule has 4 heteroatoms. The minimum atomic E-state index is -0.584. The fourth-order valence-electron chi connectivity index (χ4n) is 1.44. The van der Waals surface area contributed by atoms with E-state index in [0.717, 1.165) is 18.7 Å². The van der Waals surface area contributed by atoms with E-state index in [1.807, 2.05) is 20.8 Å². The summed E-state index contributed by atoms with van der Waals surface area (Å²) in [7, 11) is 0. The summed E-state index contributed by atoms with van der Waals surface area (Å²) in [5.41, 5.74) is 0.501. The van der Waals surface area contributed by atoms with Crippen LogP contribution in [0, 0.1) is 5.41 Å². The van der Waals surface area contributed by atoms with Crippen molar-refractivity contribution in [1.82, 2.24) is 9.78 Å². The normalized spacial score (nSPS) is 14.3. The molecule has 0 saturated heterocycles. The summed E-state index contributed by atoms with van der Waals surface area (Å²) in [4.78, 5) is 0. The van der Waals surface area contributed by atoms with Gasteiger partial charge in [-0.1, -0.05) is 39.3 Å². The van der Waals surface area contributed by atoms with E-state index < -0.39 is 6.10 Å². The Hall–Kier alpha value is -0.540. The van der Waals surface area contributed by atoms with E-state index in [1.165, 1.54) is 0 Å². The van der Waals surface area contributed by atoms with E-state index in [0.29, 0.717) is 5.02 Å². The minimum absolute atomic E-state index is 0.227. The molecule has 1 unspecified atom stereocenters. The molecule has 3 nitrogen and oxygen atoms in total. The molecule has 0 fully saturated rings. The highest BCUT2D eigenvalue weighted by molar-refractivity contribution is 6.31. The maximum atomic E-state index is 10.2. The Bertz CT molecular complexity index is 328. The summed E-state index contributed by atoms with van der Waals surface area (Å²) in [6.07, 6.45) is 1.99. The quantitative estimate of drug-likeness (QED) is 0.867. The first kappa shape index (κ1) is 12.5. The number of aromatic nitrogens is 2. The van der Waals surface area contributed by atoms with Gasteiger partial charge in [0.1, 0.15) is 6.10 Å². The van der Waals surface area contributed by atoms with Crippen LogP contribution in [0.15, 0.2) is 6.20 Å². The van der Waals surface area contributed by atoms with E-state index in [9.17, 15) is 5.11 Å². The fraction of sp³-hybridized carbons (Fsp3) is 0.727. The third-order valence-electron chi connectivity index (χ3n) is 2.35. The van der Waals surface area contributed by atoms with Gasteiger partial charge in [-0.05, 0) is 11.8 Å². The highest BCUT2D eigenvalue weighted by Gasteiger charge is 2.29. The molecule has 1 atom stereocenters. The number of aliphatic hydroxyl groups excluding tert-OH is 1. The number of hydrogen-bond acceptors (Lipinski definition) is 2. The van der Waals surface area contributed by atoms with E-state index in [4.69, 9.17) is 11.6 Å². The van der Waals surface area contributed by atoms with Crippen LogP contribution in [0.1, 0.15) is 45.9 Å². The largest absolute Gasteiger partial charge is 0.386 e. The smallest absolute Gasteiger partial charge is 0.102 e. The van der Waals surface area contributed by atoms with Crippen LogP contribution in [0.2, 0.25) is 5.02 Å². The van der Waals surface area contributed by atoms with E-state index in [2.05, 4.69) is 12.0 Å². The Kier molecular flexibility index (Phi) is 3.79. The van der Waals surface area contributed by atoms with Crippen molar-refractivity contribution >= 4 is 11.6 Å². The summed E-state index contributed by atoms with van der Waals surface area (Å²) in [6, 6.07) is 0. The van der Waals surface area contributed by atoms with Crippen LogP contribution in [0.25, 0.3) is 0 Å². The fourth-order valence-corrected chi connectivity index (χ4v) is 1.69. The van der Waals surface area contributed by atoms with Crippen molar-refractivity contribution < 1.29 is 5.11 Å². The molecule has 1 N–H and O–H groups in total. The van der Waals surface area contributed by atoms with Crippen molar-refractivity contribution in [1.29, 1.82) is 0 Å². The van der Waals surface area contributed by atoms with Gasteiger partial charge in [0.2, 0.25) is 0 Å².